The van der Waals surface area contributed by atoms with Crippen LogP contribution >= 0.6 is 0 Å². The third-order valence-electron chi connectivity index (χ3n) is 2.20. The van der Waals surface area contributed by atoms with Gasteiger partial charge in [0.05, 0.1) is 12.2 Å². The highest BCUT2D eigenvalue weighted by atomic mass is 16.5. The number of aliphatic hydroxyl groups is 1. The minimum Gasteiger partial charge on any atom is -0.391 e. The van der Waals surface area contributed by atoms with Gasteiger partial charge < -0.3 is 9.84 Å². The maximum atomic E-state index is 9.32. The Morgan fingerprint density at radius 3 is 2.40 bits per heavy atom. The molecule has 1 N–H and O–H groups in total. The molecule has 1 rings (SSSR count). The summed E-state index contributed by atoms with van der Waals surface area (Å²) < 4.78 is 5.26. The van der Waals surface area contributed by atoms with E-state index >= 15 is 0 Å². The van der Waals surface area contributed by atoms with Crippen LogP contribution in [0.3, 0.4) is 0 Å². The molecular formula is C7H13BO2. The van der Waals surface area contributed by atoms with Crippen molar-refractivity contribution in [2.75, 3.05) is 0 Å². The van der Waals surface area contributed by atoms with E-state index in [0.717, 1.165) is 6.42 Å². The molecule has 1 aliphatic rings. The summed E-state index contributed by atoms with van der Waals surface area (Å²) in [5.74, 6) is 0.181. The van der Waals surface area contributed by atoms with E-state index in [4.69, 9.17) is 12.6 Å². The van der Waals surface area contributed by atoms with E-state index in [1.54, 1.807) is 0 Å². The minimum atomic E-state index is -0.482. The second-order valence-corrected chi connectivity index (χ2v) is 2.90. The SMILES string of the molecule is [B][C@@H]1OC(CC)C(C)[C@@H]1O. The van der Waals surface area contributed by atoms with E-state index in [2.05, 4.69) is 0 Å². The van der Waals surface area contributed by atoms with Gasteiger partial charge in [-0.05, 0) is 6.42 Å². The Hall–Kier alpha value is -0.0151. The van der Waals surface area contributed by atoms with Gasteiger partial charge in [0.2, 0.25) is 0 Å². The van der Waals surface area contributed by atoms with Crippen molar-refractivity contribution < 1.29 is 9.84 Å². The van der Waals surface area contributed by atoms with Crippen molar-refractivity contribution in [3.05, 3.63) is 0 Å². The summed E-state index contributed by atoms with van der Waals surface area (Å²) in [6, 6.07) is -0.472. The molecule has 0 saturated carbocycles. The zero-order valence-corrected chi connectivity index (χ0v) is 6.45. The molecule has 0 bridgehead atoms. The van der Waals surface area contributed by atoms with Gasteiger partial charge in [-0.25, -0.2) is 0 Å². The normalized spacial score (nSPS) is 47.9. The zero-order chi connectivity index (χ0) is 7.72. The fourth-order valence-electron chi connectivity index (χ4n) is 1.39. The predicted molar refractivity (Wildman–Crippen MR) is 39.9 cm³/mol. The van der Waals surface area contributed by atoms with Crippen molar-refractivity contribution in [1.82, 2.24) is 0 Å². The van der Waals surface area contributed by atoms with Crippen molar-refractivity contribution in [2.45, 2.75) is 38.5 Å². The van der Waals surface area contributed by atoms with Crippen LogP contribution in [0.2, 0.25) is 0 Å². The van der Waals surface area contributed by atoms with Crippen LogP contribution in [0.15, 0.2) is 0 Å². The van der Waals surface area contributed by atoms with Gasteiger partial charge in [-0.1, -0.05) is 13.8 Å². The number of hydrogen-bond donors (Lipinski definition) is 1. The van der Waals surface area contributed by atoms with Gasteiger partial charge >= 0.3 is 0 Å². The van der Waals surface area contributed by atoms with Gasteiger partial charge in [0.15, 0.2) is 0 Å². The summed E-state index contributed by atoms with van der Waals surface area (Å²) in [5.41, 5.74) is 0. The number of aliphatic hydroxyl groups excluding tert-OH is 1. The summed E-state index contributed by atoms with van der Waals surface area (Å²) in [6.45, 7) is 4.00. The van der Waals surface area contributed by atoms with E-state index < -0.39 is 12.1 Å². The van der Waals surface area contributed by atoms with Crippen molar-refractivity contribution in [2.24, 2.45) is 5.92 Å². The van der Waals surface area contributed by atoms with Crippen LogP contribution < -0.4 is 0 Å². The molecule has 1 saturated heterocycles. The average molecular weight is 140 g/mol. The zero-order valence-electron chi connectivity index (χ0n) is 6.45. The average Bonchev–Trinajstić information content (AvgIpc) is 2.17. The van der Waals surface area contributed by atoms with E-state index in [1.807, 2.05) is 13.8 Å². The lowest BCUT2D eigenvalue weighted by atomic mass is 9.88. The Labute approximate surface area is 63.0 Å². The standard InChI is InChI=1S/C7H13BO2/c1-3-5-4(2)6(9)7(8)10-5/h4-7,9H,3H2,1-2H3/t4?,5?,6-,7+/m0/s1. The summed E-state index contributed by atoms with van der Waals surface area (Å²) in [4.78, 5) is 0. The molecule has 56 valence electrons. The first-order valence-electron chi connectivity index (χ1n) is 3.76. The third-order valence-corrected chi connectivity index (χ3v) is 2.20. The lowest BCUT2D eigenvalue weighted by Gasteiger charge is -2.12. The summed E-state index contributed by atoms with van der Waals surface area (Å²) >= 11 is 0. The van der Waals surface area contributed by atoms with Crippen LogP contribution in [0.1, 0.15) is 20.3 Å². The number of hydrogen-bond acceptors (Lipinski definition) is 2. The Balaban J connectivity index is 2.53. The molecule has 1 fully saturated rings. The quantitative estimate of drug-likeness (QED) is 0.530. The topological polar surface area (TPSA) is 29.5 Å². The number of ether oxygens (including phenoxy) is 1. The molecule has 0 aliphatic carbocycles. The Morgan fingerprint density at radius 1 is 1.60 bits per heavy atom. The van der Waals surface area contributed by atoms with E-state index in [0.29, 0.717) is 0 Å². The van der Waals surface area contributed by atoms with Gasteiger partial charge in [-0.15, -0.1) is 0 Å². The van der Waals surface area contributed by atoms with Gasteiger partial charge in [0.25, 0.3) is 0 Å². The summed E-state index contributed by atoms with van der Waals surface area (Å²) in [7, 11) is 5.46. The molecule has 1 aliphatic heterocycles. The Kier molecular flexibility index (Phi) is 2.37. The second kappa shape index (κ2) is 2.93. The molecule has 1 heterocycles. The summed E-state index contributed by atoms with van der Waals surface area (Å²) in [6.07, 6.45) is 0.585. The van der Waals surface area contributed by atoms with Crippen LogP contribution in [0.5, 0.6) is 0 Å². The van der Waals surface area contributed by atoms with Gasteiger partial charge in [-0.2, -0.15) is 0 Å². The van der Waals surface area contributed by atoms with Crippen LogP contribution in [0, 0.1) is 5.92 Å². The molecule has 4 atom stereocenters. The fraction of sp³-hybridized carbons (Fsp3) is 1.00. The van der Waals surface area contributed by atoms with Gasteiger partial charge in [0.1, 0.15) is 7.85 Å². The van der Waals surface area contributed by atoms with Crippen molar-refractivity contribution >= 4 is 7.85 Å². The molecule has 0 spiro atoms. The lowest BCUT2D eigenvalue weighted by Crippen LogP contribution is -2.25. The fourth-order valence-corrected chi connectivity index (χ4v) is 1.39. The maximum absolute atomic E-state index is 9.32. The highest BCUT2D eigenvalue weighted by Gasteiger charge is 2.36. The van der Waals surface area contributed by atoms with Crippen LogP contribution in [0.25, 0.3) is 0 Å². The molecule has 0 aromatic carbocycles. The molecule has 10 heavy (non-hydrogen) atoms. The molecule has 0 amide bonds. The van der Waals surface area contributed by atoms with Crippen molar-refractivity contribution in [3.8, 4) is 0 Å². The van der Waals surface area contributed by atoms with Crippen LogP contribution in [-0.2, 0) is 4.74 Å². The second-order valence-electron chi connectivity index (χ2n) is 2.90. The highest BCUT2D eigenvalue weighted by Crippen LogP contribution is 2.26. The smallest absolute Gasteiger partial charge is 0.112 e. The Morgan fingerprint density at radius 2 is 2.20 bits per heavy atom. The van der Waals surface area contributed by atoms with E-state index in [-0.39, 0.29) is 12.0 Å². The monoisotopic (exact) mass is 140 g/mol. The lowest BCUT2D eigenvalue weighted by molar-refractivity contribution is 0.0578. The third kappa shape index (κ3) is 1.20. The van der Waals surface area contributed by atoms with Crippen LogP contribution in [0.4, 0.5) is 0 Å². The molecule has 2 nitrogen and oxygen atoms in total. The van der Waals surface area contributed by atoms with Crippen LogP contribution in [-0.4, -0.2) is 31.2 Å². The molecule has 3 heteroatoms. The van der Waals surface area contributed by atoms with E-state index in [1.165, 1.54) is 0 Å². The number of rotatable bonds is 1. The van der Waals surface area contributed by atoms with E-state index in [9.17, 15) is 5.11 Å². The molecule has 0 aromatic heterocycles. The van der Waals surface area contributed by atoms with Gasteiger partial charge in [0, 0.05) is 11.9 Å². The first-order valence-corrected chi connectivity index (χ1v) is 3.76. The Bertz CT molecular complexity index is 118. The maximum Gasteiger partial charge on any atom is 0.112 e. The predicted octanol–water partition coefficient (Wildman–Crippen LogP) is 0.287. The van der Waals surface area contributed by atoms with Gasteiger partial charge in [-0.3, -0.25) is 0 Å². The molecule has 0 aromatic rings. The minimum absolute atomic E-state index is 0.144. The summed E-state index contributed by atoms with van der Waals surface area (Å²) in [5, 5.41) is 9.32. The largest absolute Gasteiger partial charge is 0.391 e. The first kappa shape index (κ1) is 8.09. The molecule has 2 unspecified atom stereocenters. The van der Waals surface area contributed by atoms with Crippen molar-refractivity contribution in [3.63, 3.8) is 0 Å². The molecular weight excluding hydrogens is 127 g/mol. The molecule has 2 radical (unpaired) electrons. The van der Waals surface area contributed by atoms with Crippen molar-refractivity contribution in [1.29, 1.82) is 0 Å². The first-order chi connectivity index (χ1) is 4.66. The highest BCUT2D eigenvalue weighted by molar-refractivity contribution is 6.11.